The molecule has 0 saturated heterocycles. The Bertz CT molecular complexity index is 513. The molecule has 3 heteroatoms. The lowest BCUT2D eigenvalue weighted by Crippen LogP contribution is -2.36. The van der Waals surface area contributed by atoms with Crippen molar-refractivity contribution in [1.29, 1.82) is 0 Å². The highest BCUT2D eigenvalue weighted by atomic mass is 15.0. The SMILES string of the molecule is CC1CCC(NCc2nc3ccccc3[nH]2)CC1C. The van der Waals surface area contributed by atoms with E-state index in [1.807, 2.05) is 12.1 Å². The van der Waals surface area contributed by atoms with Crippen LogP contribution in [0, 0.1) is 11.8 Å². The summed E-state index contributed by atoms with van der Waals surface area (Å²) < 4.78 is 0. The minimum Gasteiger partial charge on any atom is -0.341 e. The van der Waals surface area contributed by atoms with Gasteiger partial charge in [0.2, 0.25) is 0 Å². The van der Waals surface area contributed by atoms with E-state index in [-0.39, 0.29) is 0 Å². The van der Waals surface area contributed by atoms with Gasteiger partial charge in [-0.15, -0.1) is 0 Å². The fraction of sp³-hybridized carbons (Fsp3) is 0.562. The van der Waals surface area contributed by atoms with E-state index >= 15 is 0 Å². The van der Waals surface area contributed by atoms with Crippen LogP contribution in [0.5, 0.6) is 0 Å². The summed E-state index contributed by atoms with van der Waals surface area (Å²) in [6.07, 6.45) is 3.94. The summed E-state index contributed by atoms with van der Waals surface area (Å²) in [5.74, 6) is 2.76. The van der Waals surface area contributed by atoms with Crippen molar-refractivity contribution in [2.45, 2.75) is 45.7 Å². The van der Waals surface area contributed by atoms with Gasteiger partial charge < -0.3 is 10.3 Å². The first-order chi connectivity index (χ1) is 9.22. The first-order valence-corrected chi connectivity index (χ1v) is 7.39. The summed E-state index contributed by atoms with van der Waals surface area (Å²) in [6.45, 7) is 5.60. The van der Waals surface area contributed by atoms with Crippen molar-refractivity contribution >= 4 is 11.0 Å². The molecule has 1 fully saturated rings. The second-order valence-electron chi connectivity index (χ2n) is 6.05. The average molecular weight is 257 g/mol. The second-order valence-corrected chi connectivity index (χ2v) is 6.05. The number of fused-ring (bicyclic) bond motifs is 1. The molecular weight excluding hydrogens is 234 g/mol. The van der Waals surface area contributed by atoms with E-state index in [1.165, 1.54) is 19.3 Å². The molecule has 1 saturated carbocycles. The topological polar surface area (TPSA) is 40.7 Å². The Labute approximate surface area is 114 Å². The number of para-hydroxylation sites is 2. The monoisotopic (exact) mass is 257 g/mol. The van der Waals surface area contributed by atoms with E-state index in [4.69, 9.17) is 0 Å². The van der Waals surface area contributed by atoms with Crippen LogP contribution in [0.15, 0.2) is 24.3 Å². The maximum atomic E-state index is 4.61. The smallest absolute Gasteiger partial charge is 0.121 e. The lowest BCUT2D eigenvalue weighted by atomic mass is 9.79. The first-order valence-electron chi connectivity index (χ1n) is 7.39. The Morgan fingerprint density at radius 2 is 2.05 bits per heavy atom. The molecule has 3 unspecified atom stereocenters. The Kier molecular flexibility index (Phi) is 3.56. The fourth-order valence-corrected chi connectivity index (χ4v) is 3.06. The summed E-state index contributed by atoms with van der Waals surface area (Å²) in [4.78, 5) is 7.99. The molecule has 3 rings (SSSR count). The summed E-state index contributed by atoms with van der Waals surface area (Å²) in [7, 11) is 0. The summed E-state index contributed by atoms with van der Waals surface area (Å²) >= 11 is 0. The van der Waals surface area contributed by atoms with Gasteiger partial charge >= 0.3 is 0 Å². The highest BCUT2D eigenvalue weighted by molar-refractivity contribution is 5.74. The molecule has 0 aliphatic heterocycles. The fourth-order valence-electron chi connectivity index (χ4n) is 3.06. The normalized spacial score (nSPS) is 27.8. The molecule has 3 atom stereocenters. The molecule has 0 amide bonds. The van der Waals surface area contributed by atoms with E-state index in [0.717, 1.165) is 35.2 Å². The third-order valence-corrected chi connectivity index (χ3v) is 4.59. The number of imidazole rings is 1. The van der Waals surface area contributed by atoms with Gasteiger partial charge in [0.15, 0.2) is 0 Å². The van der Waals surface area contributed by atoms with Crippen LogP contribution in [-0.4, -0.2) is 16.0 Å². The summed E-state index contributed by atoms with van der Waals surface area (Å²) in [6, 6.07) is 8.86. The van der Waals surface area contributed by atoms with Crippen LogP contribution in [0.2, 0.25) is 0 Å². The number of hydrogen-bond acceptors (Lipinski definition) is 2. The highest BCUT2D eigenvalue weighted by Gasteiger charge is 2.24. The van der Waals surface area contributed by atoms with Crippen molar-refractivity contribution in [3.63, 3.8) is 0 Å². The molecule has 19 heavy (non-hydrogen) atoms. The Hall–Kier alpha value is -1.35. The van der Waals surface area contributed by atoms with Crippen molar-refractivity contribution in [2.75, 3.05) is 0 Å². The number of nitrogens with one attached hydrogen (secondary N) is 2. The first kappa shape index (κ1) is 12.7. The second kappa shape index (κ2) is 5.33. The molecule has 2 aromatic rings. The number of aromatic amines is 1. The van der Waals surface area contributed by atoms with Crippen molar-refractivity contribution in [1.82, 2.24) is 15.3 Å². The molecule has 1 aromatic heterocycles. The van der Waals surface area contributed by atoms with E-state index in [0.29, 0.717) is 6.04 Å². The average Bonchev–Trinajstić information content (AvgIpc) is 2.83. The number of H-pyrrole nitrogens is 1. The van der Waals surface area contributed by atoms with E-state index in [9.17, 15) is 0 Å². The van der Waals surface area contributed by atoms with Crippen LogP contribution < -0.4 is 5.32 Å². The van der Waals surface area contributed by atoms with Crippen LogP contribution in [0.3, 0.4) is 0 Å². The molecule has 1 aliphatic rings. The molecule has 1 aliphatic carbocycles. The van der Waals surface area contributed by atoms with Gasteiger partial charge in [-0.2, -0.15) is 0 Å². The Morgan fingerprint density at radius 3 is 2.84 bits per heavy atom. The predicted molar refractivity (Wildman–Crippen MR) is 78.9 cm³/mol. The third-order valence-electron chi connectivity index (χ3n) is 4.59. The molecule has 2 N–H and O–H groups in total. The molecular formula is C16H23N3. The van der Waals surface area contributed by atoms with Crippen LogP contribution in [0.1, 0.15) is 38.9 Å². The molecule has 3 nitrogen and oxygen atoms in total. The Morgan fingerprint density at radius 1 is 1.21 bits per heavy atom. The van der Waals surface area contributed by atoms with Gasteiger partial charge in [0.05, 0.1) is 17.6 Å². The minimum absolute atomic E-state index is 0.652. The maximum Gasteiger partial charge on any atom is 0.121 e. The lowest BCUT2D eigenvalue weighted by molar-refractivity contribution is 0.225. The standard InChI is InChI=1S/C16H23N3/c1-11-7-8-13(9-12(11)2)17-10-16-18-14-5-3-4-6-15(14)19-16/h3-6,11-13,17H,7-10H2,1-2H3,(H,18,19). The van der Waals surface area contributed by atoms with Crippen molar-refractivity contribution in [2.24, 2.45) is 11.8 Å². The molecule has 1 aromatic carbocycles. The van der Waals surface area contributed by atoms with Crippen molar-refractivity contribution < 1.29 is 0 Å². The zero-order chi connectivity index (χ0) is 13.2. The van der Waals surface area contributed by atoms with Crippen molar-refractivity contribution in [3.05, 3.63) is 30.1 Å². The number of nitrogens with zero attached hydrogens (tertiary/aromatic N) is 1. The maximum absolute atomic E-state index is 4.61. The molecule has 0 radical (unpaired) electrons. The number of hydrogen-bond donors (Lipinski definition) is 2. The molecule has 0 bridgehead atoms. The molecule has 1 heterocycles. The van der Waals surface area contributed by atoms with Gasteiger partial charge in [0.25, 0.3) is 0 Å². The third kappa shape index (κ3) is 2.81. The number of benzene rings is 1. The van der Waals surface area contributed by atoms with Crippen molar-refractivity contribution in [3.8, 4) is 0 Å². The largest absolute Gasteiger partial charge is 0.341 e. The van der Waals surface area contributed by atoms with Gasteiger partial charge in [-0.1, -0.05) is 26.0 Å². The summed E-state index contributed by atoms with van der Waals surface area (Å²) in [5, 5.41) is 3.66. The zero-order valence-electron chi connectivity index (χ0n) is 11.8. The van der Waals surface area contributed by atoms with Crippen LogP contribution in [0.25, 0.3) is 11.0 Å². The quantitative estimate of drug-likeness (QED) is 0.884. The van der Waals surface area contributed by atoms with E-state index in [1.54, 1.807) is 0 Å². The number of rotatable bonds is 3. The summed E-state index contributed by atoms with van der Waals surface area (Å²) in [5.41, 5.74) is 2.19. The zero-order valence-corrected chi connectivity index (χ0v) is 11.8. The van der Waals surface area contributed by atoms with Gasteiger partial charge in [-0.3, -0.25) is 0 Å². The van der Waals surface area contributed by atoms with Gasteiger partial charge in [0, 0.05) is 6.04 Å². The lowest BCUT2D eigenvalue weighted by Gasteiger charge is -2.32. The van der Waals surface area contributed by atoms with Crippen LogP contribution in [0.4, 0.5) is 0 Å². The van der Waals surface area contributed by atoms with E-state index in [2.05, 4.69) is 41.3 Å². The minimum atomic E-state index is 0.652. The van der Waals surface area contributed by atoms with Gasteiger partial charge in [0.1, 0.15) is 5.82 Å². The van der Waals surface area contributed by atoms with Gasteiger partial charge in [-0.05, 0) is 43.2 Å². The van der Waals surface area contributed by atoms with Crippen LogP contribution in [-0.2, 0) is 6.54 Å². The predicted octanol–water partition coefficient (Wildman–Crippen LogP) is 3.48. The Balaban J connectivity index is 1.60. The van der Waals surface area contributed by atoms with E-state index < -0.39 is 0 Å². The number of aromatic nitrogens is 2. The van der Waals surface area contributed by atoms with Crippen LogP contribution >= 0.6 is 0 Å². The van der Waals surface area contributed by atoms with Gasteiger partial charge in [-0.25, -0.2) is 4.98 Å². The molecule has 102 valence electrons. The molecule has 0 spiro atoms. The highest BCUT2D eigenvalue weighted by Crippen LogP contribution is 2.29.